The Morgan fingerprint density at radius 2 is 1.87 bits per heavy atom. The summed E-state index contributed by atoms with van der Waals surface area (Å²) >= 11 is 0. The van der Waals surface area contributed by atoms with E-state index in [0.717, 1.165) is 53.2 Å². The van der Waals surface area contributed by atoms with Crippen molar-refractivity contribution in [3.63, 3.8) is 0 Å². The van der Waals surface area contributed by atoms with Crippen molar-refractivity contribution < 1.29 is 13.5 Å². The van der Waals surface area contributed by atoms with E-state index < -0.39 is 17.2 Å². The van der Waals surface area contributed by atoms with E-state index in [-0.39, 0.29) is 10.9 Å². The SMILES string of the molecule is Cc1n[nH]c(C)c1-c1cnc(N2CCOCC2)cc1Nc1cc(C2(C)C=CC=CN2)nc2cc(F)cc(F)c12. The molecule has 4 aromatic rings. The van der Waals surface area contributed by atoms with Gasteiger partial charge in [-0.1, -0.05) is 12.2 Å². The lowest BCUT2D eigenvalue weighted by atomic mass is 9.93. The largest absolute Gasteiger partial charge is 0.378 e. The lowest BCUT2D eigenvalue weighted by molar-refractivity contribution is 0.122. The van der Waals surface area contributed by atoms with Crippen LogP contribution in [-0.2, 0) is 10.3 Å². The van der Waals surface area contributed by atoms with Crippen molar-refractivity contribution in [1.82, 2.24) is 25.5 Å². The summed E-state index contributed by atoms with van der Waals surface area (Å²) in [6.07, 6.45) is 9.41. The number of dihydropyridines is 1. The van der Waals surface area contributed by atoms with Crippen LogP contribution in [0, 0.1) is 25.5 Å². The highest BCUT2D eigenvalue weighted by Gasteiger charge is 2.27. The first-order valence-electron chi connectivity index (χ1n) is 12.9. The van der Waals surface area contributed by atoms with Gasteiger partial charge in [0.15, 0.2) is 0 Å². The zero-order valence-electron chi connectivity index (χ0n) is 22.0. The molecule has 0 aliphatic carbocycles. The topological polar surface area (TPSA) is 91.0 Å². The highest BCUT2D eigenvalue weighted by molar-refractivity contribution is 5.96. The van der Waals surface area contributed by atoms with Gasteiger partial charge in [0.05, 0.1) is 52.4 Å². The van der Waals surface area contributed by atoms with Gasteiger partial charge in [0.2, 0.25) is 0 Å². The Hall–Kier alpha value is -4.31. The average molecular weight is 530 g/mol. The molecule has 1 saturated heterocycles. The van der Waals surface area contributed by atoms with Gasteiger partial charge in [-0.05, 0) is 39.1 Å². The maximum atomic E-state index is 15.3. The van der Waals surface area contributed by atoms with Crippen LogP contribution in [0.15, 0.2) is 54.9 Å². The highest BCUT2D eigenvalue weighted by Crippen LogP contribution is 2.39. The van der Waals surface area contributed by atoms with Gasteiger partial charge >= 0.3 is 0 Å². The minimum absolute atomic E-state index is 0.204. The molecule has 0 radical (unpaired) electrons. The van der Waals surface area contributed by atoms with Crippen LogP contribution in [0.1, 0.15) is 24.0 Å². The van der Waals surface area contributed by atoms with Crippen LogP contribution in [0.3, 0.4) is 0 Å². The first kappa shape index (κ1) is 25.0. The second-order valence-corrected chi connectivity index (χ2v) is 10.0. The number of allylic oxidation sites excluding steroid dienone is 2. The number of benzene rings is 1. The van der Waals surface area contributed by atoms with Crippen molar-refractivity contribution in [2.45, 2.75) is 26.3 Å². The smallest absolute Gasteiger partial charge is 0.137 e. The minimum atomic E-state index is -0.691. The molecule has 1 fully saturated rings. The maximum Gasteiger partial charge on any atom is 0.137 e. The number of aryl methyl sites for hydroxylation is 2. The van der Waals surface area contributed by atoms with Crippen molar-refractivity contribution in [3.8, 4) is 11.1 Å². The molecule has 200 valence electrons. The molecule has 1 aromatic carbocycles. The fourth-order valence-electron chi connectivity index (χ4n) is 5.19. The number of nitrogens with zero attached hydrogens (tertiary/aromatic N) is 4. The van der Waals surface area contributed by atoms with Crippen LogP contribution in [0.5, 0.6) is 0 Å². The Morgan fingerprint density at radius 3 is 2.59 bits per heavy atom. The van der Waals surface area contributed by atoms with Crippen molar-refractivity contribution >= 4 is 28.1 Å². The number of aromatic nitrogens is 4. The number of fused-ring (bicyclic) bond motifs is 1. The Kier molecular flexibility index (Phi) is 6.26. The molecule has 0 amide bonds. The number of aromatic amines is 1. The monoisotopic (exact) mass is 529 g/mol. The van der Waals surface area contributed by atoms with Gasteiger partial charge in [0.1, 0.15) is 17.5 Å². The van der Waals surface area contributed by atoms with E-state index in [4.69, 9.17) is 9.72 Å². The third-order valence-corrected chi connectivity index (χ3v) is 7.27. The number of pyridine rings is 2. The van der Waals surface area contributed by atoms with Crippen LogP contribution < -0.4 is 15.5 Å². The number of ether oxygens (including phenoxy) is 1. The van der Waals surface area contributed by atoms with E-state index >= 15 is 4.39 Å². The summed E-state index contributed by atoms with van der Waals surface area (Å²) < 4.78 is 35.2. The third kappa shape index (κ3) is 4.61. The number of anilines is 3. The second-order valence-electron chi connectivity index (χ2n) is 10.0. The number of halogens is 2. The molecule has 3 aromatic heterocycles. The summed E-state index contributed by atoms with van der Waals surface area (Å²) in [6.45, 7) is 8.52. The van der Waals surface area contributed by atoms with E-state index in [2.05, 4.69) is 30.7 Å². The summed E-state index contributed by atoms with van der Waals surface area (Å²) in [5, 5.41) is 14.4. The predicted molar refractivity (Wildman–Crippen MR) is 148 cm³/mol. The molecule has 1 atom stereocenters. The molecule has 8 nitrogen and oxygen atoms in total. The van der Waals surface area contributed by atoms with E-state index in [9.17, 15) is 4.39 Å². The van der Waals surface area contributed by atoms with E-state index in [1.54, 1.807) is 0 Å². The molecule has 6 rings (SSSR count). The van der Waals surface area contributed by atoms with Gasteiger partial charge < -0.3 is 20.3 Å². The van der Waals surface area contributed by atoms with Crippen LogP contribution in [0.2, 0.25) is 0 Å². The van der Waals surface area contributed by atoms with Crippen LogP contribution in [0.25, 0.3) is 22.0 Å². The molecule has 0 saturated carbocycles. The average Bonchev–Trinajstić information content (AvgIpc) is 3.26. The van der Waals surface area contributed by atoms with Gasteiger partial charge in [0, 0.05) is 54.3 Å². The molecule has 39 heavy (non-hydrogen) atoms. The lowest BCUT2D eigenvalue weighted by Crippen LogP contribution is -2.36. The predicted octanol–water partition coefficient (Wildman–Crippen LogP) is 5.38. The molecule has 10 heteroatoms. The number of H-pyrrole nitrogens is 1. The number of nitrogens with one attached hydrogen (secondary N) is 3. The molecule has 0 bridgehead atoms. The Balaban J connectivity index is 1.54. The quantitative estimate of drug-likeness (QED) is 0.320. The van der Waals surface area contributed by atoms with Gasteiger partial charge in [-0.3, -0.25) is 5.10 Å². The number of hydrogen-bond donors (Lipinski definition) is 3. The zero-order valence-corrected chi connectivity index (χ0v) is 22.0. The van der Waals surface area contributed by atoms with Crippen molar-refractivity contribution in [2.24, 2.45) is 0 Å². The van der Waals surface area contributed by atoms with Gasteiger partial charge in [0.25, 0.3) is 0 Å². The minimum Gasteiger partial charge on any atom is -0.378 e. The fourth-order valence-corrected chi connectivity index (χ4v) is 5.19. The Morgan fingerprint density at radius 1 is 1.05 bits per heavy atom. The molecule has 3 N–H and O–H groups in total. The summed E-state index contributed by atoms with van der Waals surface area (Å²) in [5.74, 6) is -0.595. The standard InChI is InChI=1S/C29H29F2N7O/c1-17-27(18(2)37-36-17)20-16-32-26(38-8-10-39-11-9-38)15-22(20)34-24-14-25(29(3)6-4-5-7-33-29)35-23-13-19(30)12-21(31)28(23)24/h4-7,12-16,33H,8-11H2,1-3H3,(H,36,37)(H,32,34,35). The molecule has 2 aliphatic heterocycles. The number of morpholine rings is 1. The number of rotatable bonds is 5. The number of hydrogen-bond acceptors (Lipinski definition) is 7. The molecular formula is C29H29F2N7O. The third-order valence-electron chi connectivity index (χ3n) is 7.27. The van der Waals surface area contributed by atoms with Gasteiger partial charge in [-0.15, -0.1) is 0 Å². The molecule has 0 spiro atoms. The normalized spacial score (nSPS) is 18.9. The highest BCUT2D eigenvalue weighted by atomic mass is 19.1. The fraction of sp³-hybridized carbons (Fsp3) is 0.276. The van der Waals surface area contributed by atoms with Crippen molar-refractivity contribution in [3.05, 3.63) is 83.6 Å². The summed E-state index contributed by atoms with van der Waals surface area (Å²) in [5.41, 5.74) is 4.80. The maximum absolute atomic E-state index is 15.3. The summed E-state index contributed by atoms with van der Waals surface area (Å²) in [4.78, 5) is 11.6. The Labute approximate surface area is 224 Å². The second kappa shape index (κ2) is 9.77. The molecule has 5 heterocycles. The summed E-state index contributed by atoms with van der Waals surface area (Å²) in [7, 11) is 0. The molecule has 2 aliphatic rings. The summed E-state index contributed by atoms with van der Waals surface area (Å²) in [6, 6.07) is 5.92. The first-order valence-corrected chi connectivity index (χ1v) is 12.9. The van der Waals surface area contributed by atoms with Gasteiger partial charge in [-0.25, -0.2) is 18.7 Å². The van der Waals surface area contributed by atoms with Crippen molar-refractivity contribution in [2.75, 3.05) is 36.5 Å². The first-order chi connectivity index (χ1) is 18.8. The molecule has 1 unspecified atom stereocenters. The van der Waals surface area contributed by atoms with Crippen LogP contribution in [0.4, 0.5) is 26.0 Å². The van der Waals surface area contributed by atoms with E-state index in [1.165, 1.54) is 6.07 Å². The van der Waals surface area contributed by atoms with Crippen LogP contribution >= 0.6 is 0 Å². The van der Waals surface area contributed by atoms with Gasteiger partial charge in [-0.2, -0.15) is 5.10 Å². The van der Waals surface area contributed by atoms with Crippen molar-refractivity contribution in [1.29, 1.82) is 0 Å². The van der Waals surface area contributed by atoms with Crippen LogP contribution in [-0.4, -0.2) is 46.5 Å². The van der Waals surface area contributed by atoms with E-state index in [0.29, 0.717) is 24.6 Å². The van der Waals surface area contributed by atoms with E-state index in [1.807, 2.05) is 63.5 Å². The lowest BCUT2D eigenvalue weighted by Gasteiger charge is -2.30. The molecular weight excluding hydrogens is 500 g/mol. The zero-order chi connectivity index (χ0) is 27.1. The Bertz CT molecular complexity index is 1600.